The number of benzene rings is 3. The summed E-state index contributed by atoms with van der Waals surface area (Å²) in [6.07, 6.45) is 1.88. The van der Waals surface area contributed by atoms with E-state index in [1.54, 1.807) is 0 Å². The summed E-state index contributed by atoms with van der Waals surface area (Å²) >= 11 is 0. The van der Waals surface area contributed by atoms with Gasteiger partial charge in [-0.2, -0.15) is 0 Å². The van der Waals surface area contributed by atoms with Crippen LogP contribution >= 0.6 is 24.8 Å². The van der Waals surface area contributed by atoms with Crippen LogP contribution < -0.4 is 0 Å². The largest absolute Gasteiger partial charge is 0.339 e. The van der Waals surface area contributed by atoms with Gasteiger partial charge in [0.15, 0.2) is 0 Å². The van der Waals surface area contributed by atoms with Crippen LogP contribution in [0.25, 0.3) is 10.9 Å². The standard InChI is InChI=1S/C32H36N4O.2ClH/c1-3-35(4-2)32(37)28-17-15-27(16-18-28)31(29-14-8-12-26-13-9-19-33-30(26)29)36-22-20-34(21-23-36)24-25-10-6-5-7-11-25;;/h5-19,31H,3-4,20-24H2,1-2H3;2*1H. The number of amides is 1. The SMILES string of the molecule is CCN(CC)C(=O)c1ccc(C(c2cccc3cccnc23)N2CCN(Cc3ccccc3)CC2)cc1.Cl.Cl. The van der Waals surface area contributed by atoms with Gasteiger partial charge in [0.1, 0.15) is 0 Å². The number of piperazine rings is 1. The minimum Gasteiger partial charge on any atom is -0.339 e. The summed E-state index contributed by atoms with van der Waals surface area (Å²) in [5.74, 6) is 0.0921. The van der Waals surface area contributed by atoms with Gasteiger partial charge in [0.25, 0.3) is 5.91 Å². The third-order valence-electron chi connectivity index (χ3n) is 7.50. The highest BCUT2D eigenvalue weighted by Gasteiger charge is 2.28. The highest BCUT2D eigenvalue weighted by molar-refractivity contribution is 5.94. The molecule has 0 aliphatic carbocycles. The molecule has 206 valence electrons. The zero-order valence-corrected chi connectivity index (χ0v) is 24.3. The Labute approximate surface area is 244 Å². The molecule has 5 nitrogen and oxygen atoms in total. The molecule has 1 aromatic heterocycles. The van der Waals surface area contributed by atoms with Gasteiger partial charge in [-0.3, -0.25) is 19.6 Å². The van der Waals surface area contributed by atoms with Gasteiger partial charge in [-0.15, -0.1) is 24.8 Å². The number of aromatic nitrogens is 1. The zero-order chi connectivity index (χ0) is 25.6. The number of rotatable bonds is 8. The van der Waals surface area contributed by atoms with Crippen LogP contribution in [0.3, 0.4) is 0 Å². The van der Waals surface area contributed by atoms with Crippen LogP contribution in [0.1, 0.15) is 46.9 Å². The number of fused-ring (bicyclic) bond motifs is 1. The van der Waals surface area contributed by atoms with Crippen molar-refractivity contribution in [3.05, 3.63) is 113 Å². The molecule has 1 atom stereocenters. The summed E-state index contributed by atoms with van der Waals surface area (Å²) in [6, 6.07) is 29.7. The molecule has 4 aromatic rings. The van der Waals surface area contributed by atoms with E-state index in [4.69, 9.17) is 4.98 Å². The van der Waals surface area contributed by atoms with Crippen molar-refractivity contribution in [2.45, 2.75) is 26.4 Å². The summed E-state index contributed by atoms with van der Waals surface area (Å²) < 4.78 is 0. The Balaban J connectivity index is 0.00000210. The maximum atomic E-state index is 12.9. The Kier molecular flexibility index (Phi) is 11.3. The summed E-state index contributed by atoms with van der Waals surface area (Å²) in [5, 5.41) is 1.15. The van der Waals surface area contributed by atoms with Gasteiger partial charge in [0.2, 0.25) is 0 Å². The van der Waals surface area contributed by atoms with Crippen molar-refractivity contribution < 1.29 is 4.79 Å². The Morgan fingerprint density at radius 2 is 1.49 bits per heavy atom. The second-order valence-electron chi connectivity index (χ2n) is 9.72. The third kappa shape index (κ3) is 6.98. The molecule has 5 rings (SSSR count). The Bertz CT molecular complexity index is 1320. The molecule has 1 aliphatic rings. The quantitative estimate of drug-likeness (QED) is 0.246. The normalized spacial score (nSPS) is 14.7. The van der Waals surface area contributed by atoms with Gasteiger partial charge in [0.05, 0.1) is 11.6 Å². The maximum absolute atomic E-state index is 12.9. The second-order valence-corrected chi connectivity index (χ2v) is 9.72. The van der Waals surface area contributed by atoms with Gasteiger partial charge >= 0.3 is 0 Å². The van der Waals surface area contributed by atoms with E-state index in [1.807, 2.05) is 43.1 Å². The number of pyridine rings is 1. The Morgan fingerprint density at radius 1 is 0.821 bits per heavy atom. The molecule has 3 aromatic carbocycles. The first-order chi connectivity index (χ1) is 18.2. The van der Waals surface area contributed by atoms with E-state index in [0.717, 1.165) is 49.2 Å². The van der Waals surface area contributed by atoms with Crippen molar-refractivity contribution in [2.75, 3.05) is 39.3 Å². The summed E-state index contributed by atoms with van der Waals surface area (Å²) in [4.78, 5) is 24.7. The van der Waals surface area contributed by atoms with Crippen molar-refractivity contribution in [1.29, 1.82) is 0 Å². The smallest absolute Gasteiger partial charge is 0.253 e. The number of carbonyl (C=O) groups is 1. The molecule has 7 heteroatoms. The van der Waals surface area contributed by atoms with Gasteiger partial charge in [-0.05, 0) is 43.2 Å². The fourth-order valence-corrected chi connectivity index (χ4v) is 5.46. The van der Waals surface area contributed by atoms with Crippen LogP contribution in [0.4, 0.5) is 0 Å². The second kappa shape index (κ2) is 14.4. The average Bonchev–Trinajstić information content (AvgIpc) is 2.96. The van der Waals surface area contributed by atoms with Crippen molar-refractivity contribution in [3.8, 4) is 0 Å². The van der Waals surface area contributed by atoms with Crippen molar-refractivity contribution in [1.82, 2.24) is 19.7 Å². The predicted molar refractivity (Wildman–Crippen MR) is 165 cm³/mol. The number of halogens is 2. The zero-order valence-electron chi connectivity index (χ0n) is 22.7. The fraction of sp³-hybridized carbons (Fsp3) is 0.312. The van der Waals surface area contributed by atoms with Crippen LogP contribution in [0.15, 0.2) is 91.1 Å². The summed E-state index contributed by atoms with van der Waals surface area (Å²) in [6.45, 7) is 10.4. The van der Waals surface area contributed by atoms with E-state index in [-0.39, 0.29) is 36.8 Å². The number of carbonyl (C=O) groups excluding carboxylic acids is 1. The first-order valence-corrected chi connectivity index (χ1v) is 13.4. The molecule has 1 unspecified atom stereocenters. The molecule has 0 radical (unpaired) electrons. The summed E-state index contributed by atoms with van der Waals surface area (Å²) in [7, 11) is 0. The Morgan fingerprint density at radius 3 is 2.15 bits per heavy atom. The molecule has 0 bridgehead atoms. The highest BCUT2D eigenvalue weighted by Crippen LogP contribution is 2.34. The van der Waals surface area contributed by atoms with Crippen molar-refractivity contribution >= 4 is 41.6 Å². The average molecular weight is 566 g/mol. The van der Waals surface area contributed by atoms with Gasteiger partial charge < -0.3 is 4.90 Å². The van der Waals surface area contributed by atoms with E-state index in [2.05, 4.69) is 76.5 Å². The molecule has 39 heavy (non-hydrogen) atoms. The molecule has 0 spiro atoms. The van der Waals surface area contributed by atoms with Gasteiger partial charge in [-0.25, -0.2) is 0 Å². The van der Waals surface area contributed by atoms with E-state index in [1.165, 1.54) is 16.7 Å². The van der Waals surface area contributed by atoms with Crippen LogP contribution in [-0.4, -0.2) is 64.9 Å². The Hall–Kier alpha value is -2.96. The fourth-order valence-electron chi connectivity index (χ4n) is 5.46. The van der Waals surface area contributed by atoms with Crippen LogP contribution in [0, 0.1) is 0 Å². The predicted octanol–water partition coefficient (Wildman–Crippen LogP) is 6.47. The molecular weight excluding hydrogens is 527 g/mol. The molecule has 1 aliphatic heterocycles. The van der Waals surface area contributed by atoms with Crippen molar-refractivity contribution in [2.24, 2.45) is 0 Å². The molecular formula is C32H38Cl2N4O. The van der Waals surface area contributed by atoms with E-state index >= 15 is 0 Å². The van der Waals surface area contributed by atoms with Crippen LogP contribution in [-0.2, 0) is 6.54 Å². The van der Waals surface area contributed by atoms with Gasteiger partial charge in [-0.1, -0.05) is 66.7 Å². The molecule has 1 amide bonds. The molecule has 2 heterocycles. The summed E-state index contributed by atoms with van der Waals surface area (Å²) in [5.41, 5.74) is 5.57. The lowest BCUT2D eigenvalue weighted by Crippen LogP contribution is -2.47. The number of hydrogen-bond donors (Lipinski definition) is 0. The maximum Gasteiger partial charge on any atom is 0.253 e. The van der Waals surface area contributed by atoms with Gasteiger partial charge in [0, 0.05) is 68.5 Å². The molecule has 0 saturated carbocycles. The topological polar surface area (TPSA) is 39.7 Å². The lowest BCUT2D eigenvalue weighted by atomic mass is 9.93. The number of nitrogens with zero attached hydrogens (tertiary/aromatic N) is 4. The molecule has 0 N–H and O–H groups in total. The first-order valence-electron chi connectivity index (χ1n) is 13.4. The third-order valence-corrected chi connectivity index (χ3v) is 7.50. The molecule has 1 fully saturated rings. The first kappa shape index (κ1) is 30.6. The monoisotopic (exact) mass is 564 g/mol. The van der Waals surface area contributed by atoms with E-state index in [0.29, 0.717) is 13.1 Å². The van der Waals surface area contributed by atoms with Crippen LogP contribution in [0.5, 0.6) is 0 Å². The van der Waals surface area contributed by atoms with Crippen molar-refractivity contribution in [3.63, 3.8) is 0 Å². The van der Waals surface area contributed by atoms with Crippen LogP contribution in [0.2, 0.25) is 0 Å². The molecule has 1 saturated heterocycles. The number of para-hydroxylation sites is 1. The minimum atomic E-state index is 0. The lowest BCUT2D eigenvalue weighted by molar-refractivity contribution is 0.0773. The number of hydrogen-bond acceptors (Lipinski definition) is 4. The highest BCUT2D eigenvalue weighted by atomic mass is 35.5. The minimum absolute atomic E-state index is 0. The lowest BCUT2D eigenvalue weighted by Gasteiger charge is -2.40. The van der Waals surface area contributed by atoms with E-state index in [9.17, 15) is 4.79 Å². The van der Waals surface area contributed by atoms with E-state index < -0.39 is 0 Å².